The van der Waals surface area contributed by atoms with Crippen LogP contribution in [0.25, 0.3) is 0 Å². The summed E-state index contributed by atoms with van der Waals surface area (Å²) in [6.45, 7) is 5.93. The number of carbonyl (C=O) groups is 1. The average Bonchev–Trinajstić information content (AvgIpc) is 2.47. The van der Waals surface area contributed by atoms with E-state index in [9.17, 15) is 4.79 Å². The molecule has 0 aliphatic heterocycles. The van der Waals surface area contributed by atoms with Crippen molar-refractivity contribution in [1.82, 2.24) is 5.32 Å². The van der Waals surface area contributed by atoms with Crippen molar-refractivity contribution in [3.63, 3.8) is 0 Å². The Morgan fingerprint density at radius 1 is 1.45 bits per heavy atom. The zero-order chi connectivity index (χ0) is 14.8. The van der Waals surface area contributed by atoms with Crippen LogP contribution in [0, 0.1) is 0 Å². The first-order valence-electron chi connectivity index (χ1n) is 6.83. The van der Waals surface area contributed by atoms with Gasteiger partial charge in [-0.05, 0) is 38.5 Å². The molecule has 0 bridgehead atoms. The Balaban J connectivity index is 2.33. The summed E-state index contributed by atoms with van der Waals surface area (Å²) in [6, 6.07) is 7.73. The smallest absolute Gasteiger partial charge is 0.233 e. The van der Waals surface area contributed by atoms with E-state index in [2.05, 4.69) is 5.32 Å². The molecule has 1 unspecified atom stereocenters. The van der Waals surface area contributed by atoms with Gasteiger partial charge in [0.2, 0.25) is 5.91 Å². The van der Waals surface area contributed by atoms with Crippen LogP contribution in [0.15, 0.2) is 29.2 Å². The van der Waals surface area contributed by atoms with E-state index in [-0.39, 0.29) is 11.2 Å². The molecule has 0 aliphatic rings. The van der Waals surface area contributed by atoms with Crippen LogP contribution in [0.2, 0.25) is 0 Å². The third-order valence-electron chi connectivity index (χ3n) is 2.69. The van der Waals surface area contributed by atoms with Crippen LogP contribution < -0.4 is 10.1 Å². The standard InChI is InChI=1S/C15H23NO3S/c1-4-19-10-6-9-16-15(17)12(2)20-14-8-5-7-13(11-14)18-3/h5,7-8,11-12H,4,6,9-10H2,1-3H3,(H,16,17). The maximum atomic E-state index is 11.9. The van der Waals surface area contributed by atoms with Crippen molar-refractivity contribution >= 4 is 17.7 Å². The molecule has 0 fully saturated rings. The lowest BCUT2D eigenvalue weighted by Crippen LogP contribution is -2.32. The Morgan fingerprint density at radius 2 is 2.25 bits per heavy atom. The Labute approximate surface area is 125 Å². The third kappa shape index (κ3) is 6.30. The van der Waals surface area contributed by atoms with Gasteiger partial charge in [0.25, 0.3) is 0 Å². The molecule has 0 spiro atoms. The van der Waals surface area contributed by atoms with Gasteiger partial charge in [0, 0.05) is 24.7 Å². The van der Waals surface area contributed by atoms with Crippen LogP contribution >= 0.6 is 11.8 Å². The summed E-state index contributed by atoms with van der Waals surface area (Å²) in [5.41, 5.74) is 0. The lowest BCUT2D eigenvalue weighted by atomic mass is 10.3. The van der Waals surface area contributed by atoms with E-state index in [1.807, 2.05) is 38.1 Å². The predicted molar refractivity (Wildman–Crippen MR) is 82.4 cm³/mol. The van der Waals surface area contributed by atoms with Gasteiger partial charge in [0.15, 0.2) is 0 Å². The van der Waals surface area contributed by atoms with Gasteiger partial charge in [-0.15, -0.1) is 11.8 Å². The van der Waals surface area contributed by atoms with E-state index in [1.165, 1.54) is 11.8 Å². The fourth-order valence-corrected chi connectivity index (χ4v) is 2.55. The van der Waals surface area contributed by atoms with Gasteiger partial charge in [-0.3, -0.25) is 4.79 Å². The summed E-state index contributed by atoms with van der Waals surface area (Å²) < 4.78 is 10.4. The molecule has 0 heterocycles. The van der Waals surface area contributed by atoms with E-state index in [0.29, 0.717) is 13.2 Å². The fraction of sp³-hybridized carbons (Fsp3) is 0.533. The van der Waals surface area contributed by atoms with Crippen LogP contribution in [0.1, 0.15) is 20.3 Å². The summed E-state index contributed by atoms with van der Waals surface area (Å²) in [5.74, 6) is 0.855. The van der Waals surface area contributed by atoms with Crippen molar-refractivity contribution in [3.05, 3.63) is 24.3 Å². The van der Waals surface area contributed by atoms with Crippen LogP contribution in [-0.4, -0.2) is 38.0 Å². The van der Waals surface area contributed by atoms with Crippen LogP contribution in [0.4, 0.5) is 0 Å². The minimum atomic E-state index is -0.130. The van der Waals surface area contributed by atoms with E-state index in [1.54, 1.807) is 7.11 Å². The van der Waals surface area contributed by atoms with Gasteiger partial charge in [-0.1, -0.05) is 6.07 Å². The van der Waals surface area contributed by atoms with E-state index >= 15 is 0 Å². The molecule has 1 amide bonds. The monoisotopic (exact) mass is 297 g/mol. The maximum absolute atomic E-state index is 11.9. The molecule has 112 valence electrons. The molecule has 0 radical (unpaired) electrons. The fourth-order valence-electron chi connectivity index (χ4n) is 1.61. The lowest BCUT2D eigenvalue weighted by Gasteiger charge is -2.12. The summed E-state index contributed by atoms with van der Waals surface area (Å²) in [7, 11) is 1.64. The molecule has 0 aromatic heterocycles. The first kappa shape index (κ1) is 16.9. The molecule has 1 atom stereocenters. The Morgan fingerprint density at radius 3 is 2.95 bits per heavy atom. The van der Waals surface area contributed by atoms with Gasteiger partial charge >= 0.3 is 0 Å². The molecule has 1 rings (SSSR count). The number of methoxy groups -OCH3 is 1. The highest BCUT2D eigenvalue weighted by Crippen LogP contribution is 2.26. The molecule has 0 saturated heterocycles. The third-order valence-corrected chi connectivity index (χ3v) is 3.79. The molecule has 5 heteroatoms. The Kier molecular flexibility index (Phi) is 8.14. The molecular formula is C15H23NO3S. The molecule has 1 aromatic rings. The average molecular weight is 297 g/mol. The van der Waals surface area contributed by atoms with Gasteiger partial charge in [0.05, 0.1) is 12.4 Å². The SMILES string of the molecule is CCOCCCNC(=O)C(C)Sc1cccc(OC)c1. The second kappa shape index (κ2) is 9.66. The Bertz CT molecular complexity index is 412. The molecule has 20 heavy (non-hydrogen) atoms. The zero-order valence-corrected chi connectivity index (χ0v) is 13.2. The van der Waals surface area contributed by atoms with Crippen LogP contribution in [-0.2, 0) is 9.53 Å². The first-order valence-corrected chi connectivity index (χ1v) is 7.71. The van der Waals surface area contributed by atoms with Crippen molar-refractivity contribution in [2.24, 2.45) is 0 Å². The number of carbonyl (C=O) groups excluding carboxylic acids is 1. The number of benzene rings is 1. The number of thioether (sulfide) groups is 1. The second-order valence-corrected chi connectivity index (χ2v) is 5.69. The highest BCUT2D eigenvalue weighted by atomic mass is 32.2. The zero-order valence-electron chi connectivity index (χ0n) is 12.3. The Hall–Kier alpha value is -1.20. The summed E-state index contributed by atoms with van der Waals surface area (Å²) in [6.07, 6.45) is 0.843. The van der Waals surface area contributed by atoms with E-state index in [0.717, 1.165) is 23.7 Å². The first-order chi connectivity index (χ1) is 9.67. The van der Waals surface area contributed by atoms with Crippen molar-refractivity contribution in [1.29, 1.82) is 0 Å². The predicted octanol–water partition coefficient (Wildman–Crippen LogP) is 2.72. The number of hydrogen-bond donors (Lipinski definition) is 1. The lowest BCUT2D eigenvalue weighted by molar-refractivity contribution is -0.120. The number of rotatable bonds is 9. The minimum absolute atomic E-state index is 0.0503. The minimum Gasteiger partial charge on any atom is -0.497 e. The molecular weight excluding hydrogens is 274 g/mol. The molecule has 1 aromatic carbocycles. The quantitative estimate of drug-likeness (QED) is 0.562. The van der Waals surface area contributed by atoms with Gasteiger partial charge < -0.3 is 14.8 Å². The van der Waals surface area contributed by atoms with Crippen LogP contribution in [0.5, 0.6) is 5.75 Å². The summed E-state index contributed by atoms with van der Waals surface area (Å²) in [5, 5.41) is 2.79. The van der Waals surface area contributed by atoms with E-state index in [4.69, 9.17) is 9.47 Å². The number of hydrogen-bond acceptors (Lipinski definition) is 4. The molecule has 0 aliphatic carbocycles. The normalized spacial score (nSPS) is 11.9. The second-order valence-electron chi connectivity index (χ2n) is 4.28. The highest BCUT2D eigenvalue weighted by Gasteiger charge is 2.13. The number of amides is 1. The summed E-state index contributed by atoms with van der Waals surface area (Å²) in [4.78, 5) is 13.0. The topological polar surface area (TPSA) is 47.6 Å². The highest BCUT2D eigenvalue weighted by molar-refractivity contribution is 8.00. The van der Waals surface area contributed by atoms with Crippen molar-refractivity contribution in [3.8, 4) is 5.75 Å². The molecule has 4 nitrogen and oxygen atoms in total. The van der Waals surface area contributed by atoms with Crippen molar-refractivity contribution in [2.75, 3.05) is 26.9 Å². The van der Waals surface area contributed by atoms with Crippen molar-refractivity contribution in [2.45, 2.75) is 30.4 Å². The largest absolute Gasteiger partial charge is 0.497 e. The molecule has 1 N–H and O–H groups in total. The van der Waals surface area contributed by atoms with Crippen molar-refractivity contribution < 1.29 is 14.3 Å². The maximum Gasteiger partial charge on any atom is 0.233 e. The number of ether oxygens (including phenoxy) is 2. The van der Waals surface area contributed by atoms with Gasteiger partial charge in [-0.2, -0.15) is 0 Å². The summed E-state index contributed by atoms with van der Waals surface area (Å²) >= 11 is 1.53. The van der Waals surface area contributed by atoms with E-state index < -0.39 is 0 Å². The van der Waals surface area contributed by atoms with Crippen LogP contribution in [0.3, 0.4) is 0 Å². The number of nitrogens with one attached hydrogen (secondary N) is 1. The van der Waals surface area contributed by atoms with Gasteiger partial charge in [0.1, 0.15) is 5.75 Å². The molecule has 0 saturated carbocycles. The van der Waals surface area contributed by atoms with Gasteiger partial charge in [-0.25, -0.2) is 0 Å².